The van der Waals surface area contributed by atoms with Gasteiger partial charge < -0.3 is 19.7 Å². The van der Waals surface area contributed by atoms with Crippen LogP contribution >= 0.6 is 0 Å². The van der Waals surface area contributed by atoms with Crippen molar-refractivity contribution in [2.24, 2.45) is 0 Å². The number of methoxy groups -OCH3 is 1. The molecule has 1 unspecified atom stereocenters. The Morgan fingerprint density at radius 1 is 1.14 bits per heavy atom. The maximum Gasteiger partial charge on any atom is 0.223 e. The van der Waals surface area contributed by atoms with Crippen LogP contribution in [0.5, 0.6) is 11.5 Å². The van der Waals surface area contributed by atoms with Crippen molar-refractivity contribution in [3.63, 3.8) is 0 Å². The number of carbonyl (C=O) groups excluding carboxylic acids is 1. The summed E-state index contributed by atoms with van der Waals surface area (Å²) >= 11 is 0. The first kappa shape index (κ1) is 21.1. The van der Waals surface area contributed by atoms with Crippen molar-refractivity contribution in [3.05, 3.63) is 54.4 Å². The molecule has 1 amide bonds. The minimum atomic E-state index is 0.181. The zero-order valence-corrected chi connectivity index (χ0v) is 17.2. The number of rotatable bonds is 9. The lowest BCUT2D eigenvalue weighted by molar-refractivity contribution is -0.134. The fraction of sp³-hybridized carbons (Fsp3) is 0.478. The van der Waals surface area contributed by atoms with Gasteiger partial charge in [-0.1, -0.05) is 6.07 Å². The van der Waals surface area contributed by atoms with E-state index >= 15 is 0 Å². The summed E-state index contributed by atoms with van der Waals surface area (Å²) in [5.41, 5.74) is 0.938. The number of benzene rings is 1. The molecule has 0 aliphatic carbocycles. The first-order valence-corrected chi connectivity index (χ1v) is 10.4. The van der Waals surface area contributed by atoms with Crippen LogP contribution in [0.25, 0.3) is 0 Å². The molecule has 29 heavy (non-hydrogen) atoms. The Hall–Kier alpha value is -2.60. The lowest BCUT2D eigenvalue weighted by Gasteiger charge is -2.31. The van der Waals surface area contributed by atoms with Crippen LogP contribution in [0.2, 0.25) is 0 Å². The number of nitrogens with zero attached hydrogens (tertiary/aromatic N) is 2. The number of aromatic nitrogens is 1. The molecule has 0 bridgehead atoms. The Balaban J connectivity index is 1.53. The average molecular weight is 398 g/mol. The van der Waals surface area contributed by atoms with Crippen molar-refractivity contribution in [2.75, 3.05) is 26.8 Å². The molecule has 1 atom stereocenters. The molecule has 156 valence electrons. The van der Waals surface area contributed by atoms with Crippen molar-refractivity contribution in [3.8, 4) is 11.5 Å². The predicted octanol–water partition coefficient (Wildman–Crippen LogP) is 3.42. The first-order valence-electron chi connectivity index (χ1n) is 10.4. The van der Waals surface area contributed by atoms with Crippen LogP contribution in [0.3, 0.4) is 0 Å². The fourth-order valence-electron chi connectivity index (χ4n) is 3.63. The van der Waals surface area contributed by atoms with Gasteiger partial charge in [0.15, 0.2) is 0 Å². The molecule has 1 aliphatic heterocycles. The van der Waals surface area contributed by atoms with E-state index < -0.39 is 0 Å². The van der Waals surface area contributed by atoms with Gasteiger partial charge in [0.2, 0.25) is 5.91 Å². The van der Waals surface area contributed by atoms with Gasteiger partial charge in [-0.3, -0.25) is 9.78 Å². The number of amides is 1. The smallest absolute Gasteiger partial charge is 0.223 e. The Morgan fingerprint density at radius 2 is 1.97 bits per heavy atom. The molecule has 0 radical (unpaired) electrons. The molecular weight excluding hydrogens is 366 g/mol. The Kier molecular flexibility index (Phi) is 8.31. The first-order chi connectivity index (χ1) is 14.3. The summed E-state index contributed by atoms with van der Waals surface area (Å²) in [5.74, 6) is 1.77. The third kappa shape index (κ3) is 6.75. The molecule has 2 heterocycles. The van der Waals surface area contributed by atoms with Crippen molar-refractivity contribution >= 4 is 5.91 Å². The van der Waals surface area contributed by atoms with Crippen molar-refractivity contribution in [2.45, 2.75) is 44.7 Å². The highest BCUT2D eigenvalue weighted by atomic mass is 16.5. The summed E-state index contributed by atoms with van der Waals surface area (Å²) in [5, 5.41) is 3.43. The highest BCUT2D eigenvalue weighted by Gasteiger charge is 2.24. The van der Waals surface area contributed by atoms with Gasteiger partial charge in [0, 0.05) is 18.7 Å². The minimum Gasteiger partial charge on any atom is -0.497 e. The van der Waals surface area contributed by atoms with Crippen LogP contribution < -0.4 is 14.8 Å². The van der Waals surface area contributed by atoms with Gasteiger partial charge in [-0.15, -0.1) is 0 Å². The lowest BCUT2D eigenvalue weighted by atomic mass is 10.1. The Bertz CT molecular complexity index is 729. The molecule has 2 aromatic rings. The van der Waals surface area contributed by atoms with E-state index in [2.05, 4.69) is 10.3 Å². The monoisotopic (exact) mass is 397 g/mol. The van der Waals surface area contributed by atoms with Crippen LogP contribution in [-0.2, 0) is 11.3 Å². The number of carbonyl (C=O) groups is 1. The van der Waals surface area contributed by atoms with E-state index in [4.69, 9.17) is 9.47 Å². The van der Waals surface area contributed by atoms with Crippen molar-refractivity contribution in [1.82, 2.24) is 15.2 Å². The van der Waals surface area contributed by atoms with E-state index in [1.54, 1.807) is 13.3 Å². The van der Waals surface area contributed by atoms with Crippen molar-refractivity contribution in [1.29, 1.82) is 0 Å². The SMILES string of the molecule is COc1ccc(OCCCC(=O)N(Cc2ccccn2)C2CCCNCC2)cc1. The van der Waals surface area contributed by atoms with E-state index in [9.17, 15) is 4.79 Å². The quantitative estimate of drug-likeness (QED) is 0.657. The zero-order valence-electron chi connectivity index (χ0n) is 17.2. The van der Waals surface area contributed by atoms with Gasteiger partial charge in [0.1, 0.15) is 11.5 Å². The molecule has 6 nitrogen and oxygen atoms in total. The number of pyridine rings is 1. The highest BCUT2D eigenvalue weighted by Crippen LogP contribution is 2.19. The van der Waals surface area contributed by atoms with E-state index in [0.717, 1.165) is 49.5 Å². The minimum absolute atomic E-state index is 0.181. The topological polar surface area (TPSA) is 63.7 Å². The number of nitrogens with one attached hydrogen (secondary N) is 1. The molecule has 1 saturated heterocycles. The van der Waals surface area contributed by atoms with Crippen LogP contribution in [-0.4, -0.2) is 48.6 Å². The van der Waals surface area contributed by atoms with Crippen LogP contribution in [0.4, 0.5) is 0 Å². The third-order valence-corrected chi connectivity index (χ3v) is 5.23. The molecule has 1 N–H and O–H groups in total. The predicted molar refractivity (Wildman–Crippen MR) is 113 cm³/mol. The summed E-state index contributed by atoms with van der Waals surface area (Å²) in [7, 11) is 1.64. The maximum absolute atomic E-state index is 13.1. The van der Waals surface area contributed by atoms with Crippen LogP contribution in [0.1, 0.15) is 37.8 Å². The third-order valence-electron chi connectivity index (χ3n) is 5.23. The van der Waals surface area contributed by atoms with Gasteiger partial charge in [0.25, 0.3) is 0 Å². The van der Waals surface area contributed by atoms with Gasteiger partial charge in [-0.2, -0.15) is 0 Å². The number of hydrogen-bond acceptors (Lipinski definition) is 5. The van der Waals surface area contributed by atoms with Gasteiger partial charge in [-0.25, -0.2) is 0 Å². The van der Waals surface area contributed by atoms with E-state index in [0.29, 0.717) is 26.0 Å². The number of hydrogen-bond donors (Lipinski definition) is 1. The molecule has 1 aliphatic rings. The molecule has 0 saturated carbocycles. The summed E-state index contributed by atoms with van der Waals surface area (Å²) in [6, 6.07) is 13.6. The van der Waals surface area contributed by atoms with E-state index in [-0.39, 0.29) is 11.9 Å². The second kappa shape index (κ2) is 11.4. The standard InChI is InChI=1S/C23H31N3O3/c1-28-21-9-11-22(12-10-21)29-17-5-8-23(27)26(18-19-6-2-3-15-25-19)20-7-4-14-24-16-13-20/h2-3,6,9-12,15,20,24H,4-5,7-8,13-14,16-18H2,1H3. The van der Waals surface area contributed by atoms with Crippen LogP contribution in [0, 0.1) is 0 Å². The van der Waals surface area contributed by atoms with Gasteiger partial charge >= 0.3 is 0 Å². The molecular formula is C23H31N3O3. The second-order valence-corrected chi connectivity index (χ2v) is 7.30. The van der Waals surface area contributed by atoms with Crippen molar-refractivity contribution < 1.29 is 14.3 Å². The van der Waals surface area contributed by atoms with E-state index in [1.807, 2.05) is 47.4 Å². The molecule has 1 aromatic heterocycles. The summed E-state index contributed by atoms with van der Waals surface area (Å²) < 4.78 is 10.9. The summed E-state index contributed by atoms with van der Waals surface area (Å²) in [6.07, 6.45) is 6.07. The van der Waals surface area contributed by atoms with E-state index in [1.165, 1.54) is 0 Å². The molecule has 1 aromatic carbocycles. The van der Waals surface area contributed by atoms with Gasteiger partial charge in [0.05, 0.1) is 26.0 Å². The maximum atomic E-state index is 13.1. The molecule has 1 fully saturated rings. The Morgan fingerprint density at radius 3 is 2.72 bits per heavy atom. The van der Waals surface area contributed by atoms with Gasteiger partial charge in [-0.05, 0) is 75.2 Å². The average Bonchev–Trinajstić information content (AvgIpc) is 3.05. The zero-order chi connectivity index (χ0) is 20.3. The second-order valence-electron chi connectivity index (χ2n) is 7.30. The highest BCUT2D eigenvalue weighted by molar-refractivity contribution is 5.76. The Labute approximate surface area is 173 Å². The molecule has 3 rings (SSSR count). The molecule has 0 spiro atoms. The largest absolute Gasteiger partial charge is 0.497 e. The normalized spacial score (nSPS) is 16.7. The van der Waals surface area contributed by atoms with Crippen LogP contribution in [0.15, 0.2) is 48.7 Å². The summed E-state index contributed by atoms with van der Waals surface area (Å²) in [4.78, 5) is 19.5. The molecule has 6 heteroatoms. The fourth-order valence-corrected chi connectivity index (χ4v) is 3.63. The summed E-state index contributed by atoms with van der Waals surface area (Å²) in [6.45, 7) is 3.07. The lowest BCUT2D eigenvalue weighted by Crippen LogP contribution is -2.40. The number of ether oxygens (including phenoxy) is 2.